The van der Waals surface area contributed by atoms with Gasteiger partial charge >= 0.3 is 6.18 Å². The van der Waals surface area contributed by atoms with Crippen LogP contribution in [0.3, 0.4) is 0 Å². The molecule has 0 atom stereocenters. The summed E-state index contributed by atoms with van der Waals surface area (Å²) in [5, 5.41) is 1.97. The van der Waals surface area contributed by atoms with Gasteiger partial charge in [0.15, 0.2) is 0 Å². The number of thioether (sulfide) groups is 1. The van der Waals surface area contributed by atoms with Crippen LogP contribution in [0.1, 0.15) is 16.7 Å². The lowest BCUT2D eigenvalue weighted by Crippen LogP contribution is -2.07. The summed E-state index contributed by atoms with van der Waals surface area (Å²) in [6, 6.07) is 15.9. The molecule has 0 radical (unpaired) electrons. The molecule has 1 heterocycles. The minimum atomic E-state index is -4.50. The van der Waals surface area contributed by atoms with Crippen LogP contribution in [-0.2, 0) is 11.0 Å². The van der Waals surface area contributed by atoms with E-state index in [-0.39, 0.29) is 16.2 Å². The molecule has 0 amide bonds. The number of hydrogen-bond donors (Lipinski definition) is 1. The van der Waals surface area contributed by atoms with Gasteiger partial charge in [0.1, 0.15) is 5.75 Å². The molecule has 0 saturated carbocycles. The van der Waals surface area contributed by atoms with Crippen molar-refractivity contribution >= 4 is 40.0 Å². The lowest BCUT2D eigenvalue weighted by Gasteiger charge is -2.09. The van der Waals surface area contributed by atoms with Crippen molar-refractivity contribution < 1.29 is 22.7 Å². The van der Waals surface area contributed by atoms with Gasteiger partial charge in [-0.05, 0) is 40.8 Å². The molecule has 0 spiro atoms. The number of methoxy groups -OCH3 is 1. The van der Waals surface area contributed by atoms with Gasteiger partial charge in [0.25, 0.3) is 0 Å². The molecule has 3 nitrogen and oxygen atoms in total. The zero-order valence-corrected chi connectivity index (χ0v) is 16.6. The SMILES string of the molecule is COc1cccc2c(/C=C3/SC(N)=C(c4cccc(C(F)(F)F)c4)C3=O)cccc12. The quantitative estimate of drug-likeness (QED) is 0.533. The summed E-state index contributed by atoms with van der Waals surface area (Å²) in [6.45, 7) is 0. The average Bonchev–Trinajstić information content (AvgIpc) is 3.00. The summed E-state index contributed by atoms with van der Waals surface area (Å²) in [7, 11) is 1.59. The molecule has 1 aliphatic heterocycles. The summed E-state index contributed by atoms with van der Waals surface area (Å²) in [4.78, 5) is 13.4. The second-order valence-corrected chi connectivity index (χ2v) is 7.74. The number of carbonyl (C=O) groups is 1. The van der Waals surface area contributed by atoms with Crippen molar-refractivity contribution in [2.24, 2.45) is 5.73 Å². The van der Waals surface area contributed by atoms with Gasteiger partial charge in [-0.2, -0.15) is 13.2 Å². The van der Waals surface area contributed by atoms with Crippen molar-refractivity contribution in [3.05, 3.63) is 87.3 Å². The Bertz CT molecular complexity index is 1230. The highest BCUT2D eigenvalue weighted by Crippen LogP contribution is 2.43. The fourth-order valence-corrected chi connectivity index (χ4v) is 4.35. The number of rotatable bonds is 3. The summed E-state index contributed by atoms with van der Waals surface area (Å²) in [6.07, 6.45) is -2.79. The molecule has 0 aliphatic carbocycles. The molecule has 30 heavy (non-hydrogen) atoms. The van der Waals surface area contributed by atoms with Gasteiger partial charge in [-0.1, -0.05) is 54.2 Å². The summed E-state index contributed by atoms with van der Waals surface area (Å²) in [5.74, 6) is 0.317. The predicted octanol–water partition coefficient (Wildman–Crippen LogP) is 5.85. The molecule has 0 unspecified atom stereocenters. The van der Waals surface area contributed by atoms with Crippen LogP contribution >= 0.6 is 11.8 Å². The van der Waals surface area contributed by atoms with E-state index in [0.29, 0.717) is 10.7 Å². The highest BCUT2D eigenvalue weighted by Gasteiger charge is 2.33. The maximum Gasteiger partial charge on any atom is 0.416 e. The van der Waals surface area contributed by atoms with Gasteiger partial charge < -0.3 is 10.5 Å². The first-order chi connectivity index (χ1) is 14.3. The van der Waals surface area contributed by atoms with Gasteiger partial charge in [-0.3, -0.25) is 4.79 Å². The maximum atomic E-state index is 13.1. The van der Waals surface area contributed by atoms with Crippen molar-refractivity contribution in [2.75, 3.05) is 7.11 Å². The zero-order chi connectivity index (χ0) is 21.5. The van der Waals surface area contributed by atoms with E-state index in [1.165, 1.54) is 12.1 Å². The number of ketones is 1. The van der Waals surface area contributed by atoms with Crippen LogP contribution in [0.25, 0.3) is 22.4 Å². The lowest BCUT2D eigenvalue weighted by atomic mass is 9.98. The molecule has 3 aromatic rings. The van der Waals surface area contributed by atoms with E-state index in [1.807, 2.05) is 36.4 Å². The normalized spacial score (nSPS) is 16.0. The van der Waals surface area contributed by atoms with E-state index in [4.69, 9.17) is 10.5 Å². The van der Waals surface area contributed by atoms with Gasteiger partial charge in [0, 0.05) is 5.39 Å². The Labute approximate surface area is 175 Å². The number of halogens is 3. The van der Waals surface area contributed by atoms with Crippen LogP contribution in [0.15, 0.2) is 70.6 Å². The van der Waals surface area contributed by atoms with Crippen LogP contribution in [0.5, 0.6) is 5.75 Å². The molecular formula is C23H16F3NO2S. The summed E-state index contributed by atoms with van der Waals surface area (Å²) in [5.41, 5.74) is 6.26. The molecule has 3 aromatic carbocycles. The lowest BCUT2D eigenvalue weighted by molar-refractivity contribution is -0.137. The van der Waals surface area contributed by atoms with E-state index >= 15 is 0 Å². The minimum absolute atomic E-state index is 0.0927. The van der Waals surface area contributed by atoms with Gasteiger partial charge in [-0.15, -0.1) is 0 Å². The highest BCUT2D eigenvalue weighted by atomic mass is 32.2. The fraction of sp³-hybridized carbons (Fsp3) is 0.0870. The van der Waals surface area contributed by atoms with Crippen LogP contribution in [-0.4, -0.2) is 12.9 Å². The third-order valence-corrected chi connectivity index (χ3v) is 5.77. The van der Waals surface area contributed by atoms with E-state index in [0.717, 1.165) is 40.2 Å². The van der Waals surface area contributed by atoms with Crippen molar-refractivity contribution in [1.29, 1.82) is 0 Å². The Balaban J connectivity index is 1.75. The first kappa shape index (κ1) is 20.1. The molecule has 0 bridgehead atoms. The van der Waals surface area contributed by atoms with Gasteiger partial charge in [-0.25, -0.2) is 0 Å². The minimum Gasteiger partial charge on any atom is -0.496 e. The van der Waals surface area contributed by atoms with Crippen LogP contribution < -0.4 is 10.5 Å². The number of hydrogen-bond acceptors (Lipinski definition) is 4. The first-order valence-electron chi connectivity index (χ1n) is 8.97. The molecule has 0 saturated heterocycles. The topological polar surface area (TPSA) is 52.3 Å². The largest absolute Gasteiger partial charge is 0.496 e. The molecule has 7 heteroatoms. The third kappa shape index (κ3) is 3.57. The second kappa shape index (κ2) is 7.57. The van der Waals surface area contributed by atoms with E-state index in [2.05, 4.69) is 0 Å². The number of allylic oxidation sites excluding steroid dienone is 2. The smallest absolute Gasteiger partial charge is 0.416 e. The molecular weight excluding hydrogens is 411 g/mol. The van der Waals surface area contributed by atoms with Crippen LogP contribution in [0.2, 0.25) is 0 Å². The van der Waals surface area contributed by atoms with Crippen molar-refractivity contribution in [2.45, 2.75) is 6.18 Å². The average molecular weight is 427 g/mol. The Morgan fingerprint density at radius 3 is 2.43 bits per heavy atom. The molecule has 152 valence electrons. The monoisotopic (exact) mass is 427 g/mol. The van der Waals surface area contributed by atoms with Crippen LogP contribution in [0.4, 0.5) is 13.2 Å². The number of fused-ring (bicyclic) bond motifs is 1. The van der Waals surface area contributed by atoms with Crippen LogP contribution in [0, 0.1) is 0 Å². The Hall–Kier alpha value is -3.19. The first-order valence-corrected chi connectivity index (χ1v) is 9.78. The number of carbonyl (C=O) groups excluding carboxylic acids is 1. The van der Waals surface area contributed by atoms with Crippen molar-refractivity contribution in [3.63, 3.8) is 0 Å². The number of nitrogens with two attached hydrogens (primary N) is 1. The number of Topliss-reactive ketones (excluding diaryl/α,β-unsaturated/α-hetero) is 1. The van der Waals surface area contributed by atoms with E-state index < -0.39 is 17.5 Å². The second-order valence-electron chi connectivity index (χ2n) is 6.66. The van der Waals surface area contributed by atoms with E-state index in [1.54, 1.807) is 13.2 Å². The van der Waals surface area contributed by atoms with Gasteiger partial charge in [0.2, 0.25) is 5.78 Å². The Morgan fingerprint density at radius 2 is 1.70 bits per heavy atom. The Kier molecular flexibility index (Phi) is 5.07. The maximum absolute atomic E-state index is 13.1. The highest BCUT2D eigenvalue weighted by molar-refractivity contribution is 8.08. The van der Waals surface area contributed by atoms with Gasteiger partial charge in [0.05, 0.1) is 28.2 Å². The third-order valence-electron chi connectivity index (χ3n) is 4.82. The zero-order valence-electron chi connectivity index (χ0n) is 15.8. The number of ether oxygens (including phenoxy) is 1. The molecule has 0 fully saturated rings. The number of alkyl halides is 3. The number of benzene rings is 3. The Morgan fingerprint density at radius 1 is 1.00 bits per heavy atom. The fourth-order valence-electron chi connectivity index (χ4n) is 3.42. The molecule has 0 aromatic heterocycles. The van der Waals surface area contributed by atoms with E-state index in [9.17, 15) is 18.0 Å². The summed E-state index contributed by atoms with van der Waals surface area (Å²) >= 11 is 1.06. The predicted molar refractivity (Wildman–Crippen MR) is 114 cm³/mol. The summed E-state index contributed by atoms with van der Waals surface area (Å²) < 4.78 is 44.6. The standard InChI is InChI=1S/C23H16F3NO2S/c1-29-18-10-4-8-16-13(5-3-9-17(16)18)12-19-21(28)20(22(27)30-19)14-6-2-7-15(11-14)23(24,25)26/h2-12H,27H2,1H3/b19-12+. The van der Waals surface area contributed by atoms with Crippen molar-refractivity contribution in [1.82, 2.24) is 0 Å². The van der Waals surface area contributed by atoms with Crippen molar-refractivity contribution in [3.8, 4) is 5.75 Å². The molecule has 2 N–H and O–H groups in total. The molecule has 1 aliphatic rings. The molecule has 4 rings (SSSR count).